The van der Waals surface area contributed by atoms with Gasteiger partial charge in [0.2, 0.25) is 0 Å². The van der Waals surface area contributed by atoms with Crippen LogP contribution >= 0.6 is 0 Å². The molecule has 0 radical (unpaired) electrons. The van der Waals surface area contributed by atoms with Gasteiger partial charge in [0, 0.05) is 17.8 Å². The number of nitrogens with zero attached hydrogens (tertiary/aromatic N) is 1. The Bertz CT molecular complexity index is 1170. The lowest BCUT2D eigenvalue weighted by Crippen LogP contribution is -2.40. The van der Waals surface area contributed by atoms with Gasteiger partial charge in [-0.25, -0.2) is 8.42 Å². The van der Waals surface area contributed by atoms with Crippen molar-refractivity contribution in [3.8, 4) is 0 Å². The van der Waals surface area contributed by atoms with Gasteiger partial charge < -0.3 is 9.73 Å². The number of likely N-dealkylation sites (tertiary alicyclic amines) is 1. The number of piperidine rings is 1. The highest BCUT2D eigenvalue weighted by Gasteiger charge is 2.25. The van der Waals surface area contributed by atoms with E-state index in [4.69, 9.17) is 4.42 Å². The Labute approximate surface area is 194 Å². The fourth-order valence-electron chi connectivity index (χ4n) is 4.05. The van der Waals surface area contributed by atoms with E-state index in [0.717, 1.165) is 37.3 Å². The molecular formula is C25H29N3O4S. The molecule has 0 saturated carbocycles. The molecule has 0 spiro atoms. The summed E-state index contributed by atoms with van der Waals surface area (Å²) in [6.07, 6.45) is 5.10. The zero-order chi connectivity index (χ0) is 23.3. The summed E-state index contributed by atoms with van der Waals surface area (Å²) in [5, 5.41) is 2.96. The van der Waals surface area contributed by atoms with Crippen LogP contribution in [0.3, 0.4) is 0 Å². The Balaban J connectivity index is 1.46. The molecule has 1 atom stereocenters. The van der Waals surface area contributed by atoms with Crippen molar-refractivity contribution in [2.75, 3.05) is 24.4 Å². The van der Waals surface area contributed by atoms with Crippen LogP contribution in [0.2, 0.25) is 0 Å². The highest BCUT2D eigenvalue weighted by atomic mass is 32.2. The number of aryl methyl sites for hydroxylation is 1. The van der Waals surface area contributed by atoms with E-state index in [9.17, 15) is 13.2 Å². The van der Waals surface area contributed by atoms with Crippen molar-refractivity contribution in [2.45, 2.75) is 37.1 Å². The summed E-state index contributed by atoms with van der Waals surface area (Å²) < 4.78 is 33.9. The van der Waals surface area contributed by atoms with E-state index >= 15 is 0 Å². The van der Waals surface area contributed by atoms with Crippen molar-refractivity contribution in [1.82, 2.24) is 10.2 Å². The monoisotopic (exact) mass is 467 g/mol. The number of rotatable bonds is 8. The van der Waals surface area contributed by atoms with E-state index in [1.807, 2.05) is 31.2 Å². The maximum Gasteiger partial charge on any atom is 0.261 e. The maximum atomic E-state index is 12.9. The minimum atomic E-state index is -3.82. The van der Waals surface area contributed by atoms with Gasteiger partial charge in [0.25, 0.3) is 15.9 Å². The zero-order valence-electron chi connectivity index (χ0n) is 18.7. The summed E-state index contributed by atoms with van der Waals surface area (Å²) in [6, 6.07) is 16.9. The van der Waals surface area contributed by atoms with Crippen LogP contribution in [0.4, 0.5) is 5.69 Å². The van der Waals surface area contributed by atoms with Crippen LogP contribution in [0.15, 0.2) is 76.2 Å². The first kappa shape index (κ1) is 23.1. The van der Waals surface area contributed by atoms with Gasteiger partial charge in [-0.3, -0.25) is 14.4 Å². The van der Waals surface area contributed by atoms with Crippen LogP contribution in [0.25, 0.3) is 0 Å². The highest BCUT2D eigenvalue weighted by Crippen LogP contribution is 2.25. The first-order chi connectivity index (χ1) is 15.9. The Morgan fingerprint density at radius 1 is 1.03 bits per heavy atom. The van der Waals surface area contributed by atoms with Crippen LogP contribution in [0, 0.1) is 6.92 Å². The number of benzene rings is 2. The largest absolute Gasteiger partial charge is 0.468 e. The Hall–Kier alpha value is -3.10. The topological polar surface area (TPSA) is 91.6 Å². The minimum Gasteiger partial charge on any atom is -0.468 e. The molecule has 2 aromatic carbocycles. The number of carbonyl (C=O) groups excluding carboxylic acids is 1. The van der Waals surface area contributed by atoms with Crippen molar-refractivity contribution in [3.63, 3.8) is 0 Å². The lowest BCUT2D eigenvalue weighted by atomic mass is 10.1. The number of nitrogens with one attached hydrogen (secondary N) is 2. The summed E-state index contributed by atoms with van der Waals surface area (Å²) in [4.78, 5) is 15.3. The summed E-state index contributed by atoms with van der Waals surface area (Å²) in [7, 11) is -3.82. The highest BCUT2D eigenvalue weighted by molar-refractivity contribution is 7.92. The molecule has 174 valence electrons. The van der Waals surface area contributed by atoms with E-state index in [-0.39, 0.29) is 16.8 Å². The third-order valence-corrected chi connectivity index (χ3v) is 7.25. The molecule has 1 unspecified atom stereocenters. The molecule has 2 heterocycles. The van der Waals surface area contributed by atoms with Crippen LogP contribution in [-0.2, 0) is 10.0 Å². The summed E-state index contributed by atoms with van der Waals surface area (Å²) in [5.74, 6) is 0.492. The average Bonchev–Trinajstić information content (AvgIpc) is 3.36. The lowest BCUT2D eigenvalue weighted by Gasteiger charge is -2.33. The van der Waals surface area contributed by atoms with Crippen LogP contribution in [0.5, 0.6) is 0 Å². The molecule has 0 aliphatic carbocycles. The van der Waals surface area contributed by atoms with E-state index in [1.165, 1.54) is 18.6 Å². The second-order valence-corrected chi connectivity index (χ2v) is 10.0. The Morgan fingerprint density at radius 3 is 2.48 bits per heavy atom. The van der Waals surface area contributed by atoms with Crippen molar-refractivity contribution >= 4 is 21.6 Å². The van der Waals surface area contributed by atoms with Crippen molar-refractivity contribution < 1.29 is 17.6 Å². The smallest absolute Gasteiger partial charge is 0.261 e. The first-order valence-electron chi connectivity index (χ1n) is 11.2. The minimum absolute atomic E-state index is 0.0364. The van der Waals surface area contributed by atoms with Gasteiger partial charge in [0.05, 0.1) is 17.2 Å². The number of hydrogen-bond acceptors (Lipinski definition) is 5. The quantitative estimate of drug-likeness (QED) is 0.514. The predicted molar refractivity (Wildman–Crippen MR) is 128 cm³/mol. The second kappa shape index (κ2) is 10.2. The molecule has 1 saturated heterocycles. The van der Waals surface area contributed by atoms with Gasteiger partial charge in [-0.15, -0.1) is 0 Å². The molecule has 1 aliphatic rings. The molecule has 0 bridgehead atoms. The van der Waals surface area contributed by atoms with Crippen molar-refractivity contribution in [1.29, 1.82) is 0 Å². The first-order valence-corrected chi connectivity index (χ1v) is 12.7. The standard InChI is InChI=1S/C25H29N3O4S/c1-19-10-12-21(13-11-19)27-33(30,31)22-8-5-7-20(17-22)25(29)26-18-23(24-9-6-16-32-24)28-14-3-2-4-15-28/h5-13,16-17,23,27H,2-4,14-15,18H2,1H3,(H,26,29). The van der Waals surface area contributed by atoms with Crippen molar-refractivity contribution in [2.24, 2.45) is 0 Å². The number of anilines is 1. The molecule has 33 heavy (non-hydrogen) atoms. The molecule has 1 aromatic heterocycles. The number of sulfonamides is 1. The van der Waals surface area contributed by atoms with E-state index in [1.54, 1.807) is 30.5 Å². The number of carbonyl (C=O) groups is 1. The van der Waals surface area contributed by atoms with Gasteiger partial charge in [-0.05, 0) is 75.3 Å². The molecule has 1 fully saturated rings. The second-order valence-electron chi connectivity index (χ2n) is 8.34. The fourth-order valence-corrected chi connectivity index (χ4v) is 5.16. The normalized spacial score (nSPS) is 15.7. The third kappa shape index (κ3) is 5.83. The summed E-state index contributed by atoms with van der Waals surface area (Å²) in [6.45, 7) is 4.23. The third-order valence-electron chi connectivity index (χ3n) is 5.87. The predicted octanol–water partition coefficient (Wildman–Crippen LogP) is 4.35. The van der Waals surface area contributed by atoms with E-state index in [2.05, 4.69) is 14.9 Å². The van der Waals surface area contributed by atoms with Gasteiger partial charge in [0.15, 0.2) is 0 Å². The number of furan rings is 1. The van der Waals surface area contributed by atoms with Crippen LogP contribution in [0.1, 0.15) is 47.0 Å². The Morgan fingerprint density at radius 2 is 1.79 bits per heavy atom. The molecule has 7 nitrogen and oxygen atoms in total. The van der Waals surface area contributed by atoms with Gasteiger partial charge >= 0.3 is 0 Å². The van der Waals surface area contributed by atoms with E-state index in [0.29, 0.717) is 17.8 Å². The van der Waals surface area contributed by atoms with Crippen LogP contribution in [-0.4, -0.2) is 38.9 Å². The van der Waals surface area contributed by atoms with Gasteiger partial charge in [-0.1, -0.05) is 30.2 Å². The maximum absolute atomic E-state index is 12.9. The van der Waals surface area contributed by atoms with Crippen LogP contribution < -0.4 is 10.0 Å². The van der Waals surface area contributed by atoms with Gasteiger partial charge in [0.1, 0.15) is 5.76 Å². The molecule has 1 amide bonds. The number of amides is 1. The average molecular weight is 468 g/mol. The molecule has 4 rings (SSSR count). The molecule has 2 N–H and O–H groups in total. The molecule has 1 aliphatic heterocycles. The van der Waals surface area contributed by atoms with Crippen molar-refractivity contribution in [3.05, 3.63) is 83.8 Å². The summed E-state index contributed by atoms with van der Waals surface area (Å²) >= 11 is 0. The fraction of sp³-hybridized carbons (Fsp3) is 0.320. The summed E-state index contributed by atoms with van der Waals surface area (Å²) in [5.41, 5.74) is 1.80. The lowest BCUT2D eigenvalue weighted by molar-refractivity contribution is 0.0914. The zero-order valence-corrected chi connectivity index (χ0v) is 19.5. The Kier molecular flexibility index (Phi) is 7.15. The number of hydrogen-bond donors (Lipinski definition) is 2. The van der Waals surface area contributed by atoms with Gasteiger partial charge in [-0.2, -0.15) is 0 Å². The molecule has 8 heteroatoms. The SMILES string of the molecule is Cc1ccc(NS(=O)(=O)c2cccc(C(=O)NCC(c3ccco3)N3CCCCC3)c2)cc1. The molecule has 3 aromatic rings. The molecular weight excluding hydrogens is 438 g/mol. The van der Waals surface area contributed by atoms with E-state index < -0.39 is 10.0 Å².